The van der Waals surface area contributed by atoms with E-state index in [2.05, 4.69) is 21.2 Å². The number of rotatable bonds is 5. The molecule has 0 saturated carbocycles. The van der Waals surface area contributed by atoms with Gasteiger partial charge in [0.15, 0.2) is 6.61 Å². The van der Waals surface area contributed by atoms with Gasteiger partial charge in [-0.2, -0.15) is 0 Å². The Morgan fingerprint density at radius 3 is 2.60 bits per heavy atom. The number of hydrogen-bond acceptors (Lipinski definition) is 5. The van der Waals surface area contributed by atoms with Crippen molar-refractivity contribution in [1.29, 1.82) is 0 Å². The summed E-state index contributed by atoms with van der Waals surface area (Å²) in [6.07, 6.45) is 1.31. The first-order valence-electron chi connectivity index (χ1n) is 8.55. The van der Waals surface area contributed by atoms with Gasteiger partial charge < -0.3 is 10.5 Å². The zero-order valence-electron chi connectivity index (χ0n) is 15.6. The number of aryl methyl sites for hydroxylation is 1. The van der Waals surface area contributed by atoms with Gasteiger partial charge in [0, 0.05) is 4.47 Å². The van der Waals surface area contributed by atoms with E-state index in [0.29, 0.717) is 16.8 Å². The van der Waals surface area contributed by atoms with E-state index in [4.69, 9.17) is 22.1 Å². The topological polar surface area (TPSA) is 119 Å². The summed E-state index contributed by atoms with van der Waals surface area (Å²) in [5, 5.41) is 2.33. The van der Waals surface area contributed by atoms with Crippen molar-refractivity contribution in [2.75, 3.05) is 11.5 Å². The van der Waals surface area contributed by atoms with Crippen LogP contribution in [0.5, 0.6) is 5.75 Å². The Balaban J connectivity index is 1.94. The summed E-state index contributed by atoms with van der Waals surface area (Å²) in [5.74, 6) is -2.02. The summed E-state index contributed by atoms with van der Waals surface area (Å²) >= 11 is 9.46. The minimum atomic E-state index is -0.833. The quantitative estimate of drug-likeness (QED) is 0.491. The fraction of sp³-hybridized carbons (Fsp3) is 0.100. The maximum Gasteiger partial charge on any atom is 0.335 e. The van der Waals surface area contributed by atoms with Crippen molar-refractivity contribution in [1.82, 2.24) is 5.32 Å². The molecule has 154 valence electrons. The van der Waals surface area contributed by atoms with Crippen molar-refractivity contribution < 1.29 is 23.9 Å². The molecule has 30 heavy (non-hydrogen) atoms. The lowest BCUT2D eigenvalue weighted by atomic mass is 10.1. The van der Waals surface area contributed by atoms with E-state index in [0.717, 1.165) is 9.37 Å². The van der Waals surface area contributed by atoms with E-state index >= 15 is 0 Å². The Morgan fingerprint density at radius 1 is 1.23 bits per heavy atom. The third-order valence-corrected chi connectivity index (χ3v) is 4.93. The minimum absolute atomic E-state index is 0.158. The van der Waals surface area contributed by atoms with Crippen LogP contribution in [0.15, 0.2) is 46.4 Å². The average Bonchev–Trinajstić information content (AvgIpc) is 2.66. The van der Waals surface area contributed by atoms with Crippen LogP contribution < -0.4 is 20.7 Å². The number of imide groups is 2. The normalized spacial score (nSPS) is 15.4. The van der Waals surface area contributed by atoms with Gasteiger partial charge in [-0.25, -0.2) is 9.69 Å². The lowest BCUT2D eigenvalue weighted by Crippen LogP contribution is -2.54. The molecule has 3 rings (SSSR count). The SMILES string of the molecule is Cc1cc(Br)ccc1N1C(=O)NC(=O)C(=Cc2ccc(OCC(N)=O)c(Cl)c2)C1=O. The fourth-order valence-corrected chi connectivity index (χ4v) is 3.50. The van der Waals surface area contributed by atoms with Crippen molar-refractivity contribution in [2.24, 2.45) is 5.73 Å². The molecule has 1 aliphatic heterocycles. The number of halogens is 2. The molecule has 0 spiro atoms. The number of benzene rings is 2. The van der Waals surface area contributed by atoms with Gasteiger partial charge in [0.2, 0.25) is 0 Å². The zero-order chi connectivity index (χ0) is 22.0. The number of urea groups is 1. The maximum absolute atomic E-state index is 13.0. The zero-order valence-corrected chi connectivity index (χ0v) is 17.9. The number of anilines is 1. The summed E-state index contributed by atoms with van der Waals surface area (Å²) in [6, 6.07) is 8.68. The van der Waals surface area contributed by atoms with Crippen LogP contribution in [0.4, 0.5) is 10.5 Å². The van der Waals surface area contributed by atoms with Gasteiger partial charge in [-0.1, -0.05) is 33.6 Å². The molecule has 10 heteroatoms. The molecule has 0 bridgehead atoms. The van der Waals surface area contributed by atoms with E-state index in [-0.39, 0.29) is 23.0 Å². The third-order valence-electron chi connectivity index (χ3n) is 4.14. The molecule has 0 aromatic heterocycles. The minimum Gasteiger partial charge on any atom is -0.482 e. The molecule has 1 fully saturated rings. The maximum atomic E-state index is 13.0. The van der Waals surface area contributed by atoms with Gasteiger partial charge in [0.25, 0.3) is 17.7 Å². The first-order valence-corrected chi connectivity index (χ1v) is 9.72. The van der Waals surface area contributed by atoms with Crippen LogP contribution in [0.2, 0.25) is 5.02 Å². The molecule has 0 radical (unpaired) electrons. The second kappa shape index (κ2) is 8.68. The third kappa shape index (κ3) is 4.52. The van der Waals surface area contributed by atoms with E-state index in [1.165, 1.54) is 18.2 Å². The van der Waals surface area contributed by atoms with Gasteiger partial charge in [0.05, 0.1) is 10.7 Å². The predicted molar refractivity (Wildman–Crippen MR) is 114 cm³/mol. The molecule has 1 heterocycles. The molecule has 0 atom stereocenters. The number of nitrogens with one attached hydrogen (secondary N) is 1. The average molecular weight is 493 g/mol. The van der Waals surface area contributed by atoms with Gasteiger partial charge in [-0.15, -0.1) is 0 Å². The Kier molecular flexibility index (Phi) is 6.23. The highest BCUT2D eigenvalue weighted by Gasteiger charge is 2.37. The number of hydrogen-bond donors (Lipinski definition) is 2. The summed E-state index contributed by atoms with van der Waals surface area (Å²) in [7, 11) is 0. The highest BCUT2D eigenvalue weighted by molar-refractivity contribution is 9.10. The number of barbiturate groups is 1. The van der Waals surface area contributed by atoms with Gasteiger partial charge in [-0.3, -0.25) is 19.7 Å². The standard InChI is InChI=1S/C20H15BrClN3O5/c1-10-6-12(21)3-4-15(10)25-19(28)13(18(27)24-20(25)29)7-11-2-5-16(14(22)8-11)30-9-17(23)26/h2-8H,9H2,1H3,(H2,23,26)(H,24,27,29). The van der Waals surface area contributed by atoms with Crippen molar-refractivity contribution in [2.45, 2.75) is 6.92 Å². The van der Waals surface area contributed by atoms with Crippen molar-refractivity contribution in [3.05, 3.63) is 62.6 Å². The smallest absolute Gasteiger partial charge is 0.335 e. The molecule has 0 aliphatic carbocycles. The second-order valence-corrected chi connectivity index (χ2v) is 7.66. The van der Waals surface area contributed by atoms with Crippen molar-refractivity contribution >= 4 is 63.0 Å². The summed E-state index contributed by atoms with van der Waals surface area (Å²) in [5.41, 5.74) is 6.24. The summed E-state index contributed by atoms with van der Waals surface area (Å²) < 4.78 is 5.95. The predicted octanol–water partition coefficient (Wildman–Crippen LogP) is 2.94. The molecule has 5 amide bonds. The highest BCUT2D eigenvalue weighted by Crippen LogP contribution is 2.29. The van der Waals surface area contributed by atoms with Gasteiger partial charge in [0.1, 0.15) is 11.3 Å². The highest BCUT2D eigenvalue weighted by atomic mass is 79.9. The lowest BCUT2D eigenvalue weighted by Gasteiger charge is -2.27. The van der Waals surface area contributed by atoms with Crippen LogP contribution in [0.25, 0.3) is 6.08 Å². The Morgan fingerprint density at radius 2 is 1.97 bits per heavy atom. The number of primary amides is 1. The Hall–Kier alpha value is -3.17. The number of ether oxygens (including phenoxy) is 1. The molecule has 1 aliphatic rings. The number of nitrogens with two attached hydrogens (primary N) is 1. The van der Waals surface area contributed by atoms with Crippen LogP contribution in [0.1, 0.15) is 11.1 Å². The van der Waals surface area contributed by atoms with Crippen molar-refractivity contribution in [3.8, 4) is 5.75 Å². The second-order valence-electron chi connectivity index (χ2n) is 6.33. The van der Waals surface area contributed by atoms with E-state index < -0.39 is 23.8 Å². The molecular formula is C20H15BrClN3O5. The van der Waals surface area contributed by atoms with Crippen LogP contribution in [-0.2, 0) is 14.4 Å². The van der Waals surface area contributed by atoms with Gasteiger partial charge in [-0.05, 0) is 54.5 Å². The largest absolute Gasteiger partial charge is 0.482 e. The molecule has 2 aromatic rings. The van der Waals surface area contributed by atoms with E-state index in [9.17, 15) is 19.2 Å². The number of carbonyl (C=O) groups is 4. The number of carbonyl (C=O) groups excluding carboxylic acids is 4. The van der Waals surface area contributed by atoms with E-state index in [1.54, 1.807) is 31.2 Å². The first-order chi connectivity index (χ1) is 14.2. The molecule has 8 nitrogen and oxygen atoms in total. The van der Waals surface area contributed by atoms with Crippen LogP contribution in [-0.4, -0.2) is 30.4 Å². The monoisotopic (exact) mass is 491 g/mol. The molecule has 3 N–H and O–H groups in total. The van der Waals surface area contributed by atoms with Crippen LogP contribution >= 0.6 is 27.5 Å². The molecular weight excluding hydrogens is 478 g/mol. The molecule has 1 saturated heterocycles. The van der Waals surface area contributed by atoms with E-state index in [1.807, 2.05) is 0 Å². The Bertz CT molecular complexity index is 1120. The number of amides is 5. The molecule has 0 unspecified atom stereocenters. The lowest BCUT2D eigenvalue weighted by molar-refractivity contribution is -0.123. The molecule has 2 aromatic carbocycles. The first kappa shape index (κ1) is 21.5. The fourth-order valence-electron chi connectivity index (χ4n) is 2.79. The van der Waals surface area contributed by atoms with Crippen LogP contribution in [0, 0.1) is 6.92 Å². The Labute approximate surface area is 184 Å². The summed E-state index contributed by atoms with van der Waals surface area (Å²) in [4.78, 5) is 49.3. The number of nitrogens with zero attached hydrogens (tertiary/aromatic N) is 1. The summed E-state index contributed by atoms with van der Waals surface area (Å²) in [6.45, 7) is 1.40. The van der Waals surface area contributed by atoms with Crippen molar-refractivity contribution in [3.63, 3.8) is 0 Å². The van der Waals surface area contributed by atoms with Gasteiger partial charge >= 0.3 is 6.03 Å². The van der Waals surface area contributed by atoms with Crippen LogP contribution in [0.3, 0.4) is 0 Å².